The molecule has 0 unspecified atom stereocenters. The highest BCUT2D eigenvalue weighted by molar-refractivity contribution is 6.31. The highest BCUT2D eigenvalue weighted by Crippen LogP contribution is 2.21. The summed E-state index contributed by atoms with van der Waals surface area (Å²) in [6, 6.07) is 6.02. The van der Waals surface area contributed by atoms with Gasteiger partial charge >= 0.3 is 0 Å². The SMILES string of the molecule is Cc1ccc(NCc2c(C)nn(C)c2C)cc1Cl. The van der Waals surface area contributed by atoms with Gasteiger partial charge in [0.2, 0.25) is 0 Å². The average Bonchev–Trinajstić information content (AvgIpc) is 2.56. The van der Waals surface area contributed by atoms with Crippen molar-refractivity contribution in [3.8, 4) is 0 Å². The summed E-state index contributed by atoms with van der Waals surface area (Å²) in [5.74, 6) is 0. The third-order valence-electron chi connectivity index (χ3n) is 3.30. The molecule has 0 radical (unpaired) electrons. The van der Waals surface area contributed by atoms with Gasteiger partial charge in [0.15, 0.2) is 0 Å². The van der Waals surface area contributed by atoms with Crippen LogP contribution in [-0.2, 0) is 13.6 Å². The lowest BCUT2D eigenvalue weighted by Crippen LogP contribution is -2.02. The Labute approximate surface area is 113 Å². The minimum atomic E-state index is 0.769. The van der Waals surface area contributed by atoms with Gasteiger partial charge in [-0.15, -0.1) is 0 Å². The first kappa shape index (κ1) is 13.0. The standard InChI is InChI=1S/C14H18ClN3/c1-9-5-6-12(7-14(9)15)16-8-13-10(2)17-18(4)11(13)3/h5-7,16H,8H2,1-4H3. The lowest BCUT2D eigenvalue weighted by molar-refractivity contribution is 0.730. The van der Waals surface area contributed by atoms with Gasteiger partial charge in [0.25, 0.3) is 0 Å². The molecular weight excluding hydrogens is 246 g/mol. The molecule has 0 spiro atoms. The summed E-state index contributed by atoms with van der Waals surface area (Å²) in [6.07, 6.45) is 0. The first-order valence-electron chi connectivity index (χ1n) is 5.98. The lowest BCUT2D eigenvalue weighted by atomic mass is 10.2. The van der Waals surface area contributed by atoms with Crippen LogP contribution in [-0.4, -0.2) is 9.78 Å². The van der Waals surface area contributed by atoms with Crippen molar-refractivity contribution < 1.29 is 0 Å². The van der Waals surface area contributed by atoms with Crippen molar-refractivity contribution in [3.05, 3.63) is 45.7 Å². The second-order valence-electron chi connectivity index (χ2n) is 4.59. The number of nitrogens with zero attached hydrogens (tertiary/aromatic N) is 2. The van der Waals surface area contributed by atoms with E-state index in [-0.39, 0.29) is 0 Å². The minimum Gasteiger partial charge on any atom is -0.381 e. The largest absolute Gasteiger partial charge is 0.381 e. The number of hydrogen-bond acceptors (Lipinski definition) is 2. The Morgan fingerprint density at radius 1 is 1.28 bits per heavy atom. The van der Waals surface area contributed by atoms with Gasteiger partial charge in [-0.1, -0.05) is 17.7 Å². The smallest absolute Gasteiger partial charge is 0.0646 e. The van der Waals surface area contributed by atoms with Crippen LogP contribution in [0.1, 0.15) is 22.5 Å². The van der Waals surface area contributed by atoms with Crippen LogP contribution < -0.4 is 5.32 Å². The predicted molar refractivity (Wildman–Crippen MR) is 76.2 cm³/mol. The van der Waals surface area contributed by atoms with Crippen LogP contribution >= 0.6 is 11.6 Å². The third kappa shape index (κ3) is 2.51. The first-order chi connectivity index (χ1) is 8.49. The summed E-state index contributed by atoms with van der Waals surface area (Å²) in [4.78, 5) is 0. The first-order valence-corrected chi connectivity index (χ1v) is 6.36. The van der Waals surface area contributed by atoms with Crippen LogP contribution in [0.15, 0.2) is 18.2 Å². The zero-order chi connectivity index (χ0) is 13.3. The zero-order valence-electron chi connectivity index (χ0n) is 11.2. The van der Waals surface area contributed by atoms with Gasteiger partial charge in [-0.2, -0.15) is 5.10 Å². The number of aryl methyl sites for hydroxylation is 3. The van der Waals surface area contributed by atoms with Gasteiger partial charge in [0.05, 0.1) is 5.69 Å². The van der Waals surface area contributed by atoms with Crippen LogP contribution in [0.5, 0.6) is 0 Å². The van der Waals surface area contributed by atoms with Crippen molar-refractivity contribution in [1.82, 2.24) is 9.78 Å². The van der Waals surface area contributed by atoms with E-state index in [0.29, 0.717) is 0 Å². The van der Waals surface area contributed by atoms with Crippen LogP contribution in [0.25, 0.3) is 0 Å². The Hall–Kier alpha value is -1.48. The molecule has 0 aliphatic rings. The quantitative estimate of drug-likeness (QED) is 0.917. The summed E-state index contributed by atoms with van der Waals surface area (Å²) >= 11 is 6.11. The monoisotopic (exact) mass is 263 g/mol. The average molecular weight is 264 g/mol. The van der Waals surface area contributed by atoms with Gasteiger partial charge in [0.1, 0.15) is 0 Å². The van der Waals surface area contributed by atoms with E-state index in [9.17, 15) is 0 Å². The number of benzene rings is 1. The van der Waals surface area contributed by atoms with E-state index in [0.717, 1.165) is 28.5 Å². The number of halogens is 1. The molecule has 0 aliphatic heterocycles. The Balaban J connectivity index is 2.14. The van der Waals surface area contributed by atoms with Crippen molar-refractivity contribution in [2.24, 2.45) is 7.05 Å². The summed E-state index contributed by atoms with van der Waals surface area (Å²) in [5.41, 5.74) is 5.64. The van der Waals surface area contributed by atoms with Crippen LogP contribution in [0, 0.1) is 20.8 Å². The van der Waals surface area contributed by atoms with Crippen LogP contribution in [0.4, 0.5) is 5.69 Å². The fourth-order valence-corrected chi connectivity index (χ4v) is 2.15. The number of anilines is 1. The third-order valence-corrected chi connectivity index (χ3v) is 3.71. The molecule has 0 atom stereocenters. The van der Waals surface area contributed by atoms with Gasteiger partial charge in [-0.05, 0) is 38.5 Å². The van der Waals surface area contributed by atoms with Crippen molar-refractivity contribution >= 4 is 17.3 Å². The van der Waals surface area contributed by atoms with E-state index < -0.39 is 0 Å². The fourth-order valence-electron chi connectivity index (χ4n) is 1.97. The van der Waals surface area contributed by atoms with E-state index in [1.807, 2.05) is 43.8 Å². The molecular formula is C14H18ClN3. The normalized spacial score (nSPS) is 10.7. The summed E-state index contributed by atoms with van der Waals surface area (Å²) in [7, 11) is 1.97. The Morgan fingerprint density at radius 3 is 2.56 bits per heavy atom. The molecule has 96 valence electrons. The number of rotatable bonds is 3. The van der Waals surface area contributed by atoms with E-state index in [1.165, 1.54) is 11.3 Å². The summed E-state index contributed by atoms with van der Waals surface area (Å²) in [5, 5.41) is 8.58. The molecule has 2 rings (SSSR count). The molecule has 18 heavy (non-hydrogen) atoms. The lowest BCUT2D eigenvalue weighted by Gasteiger charge is -2.08. The minimum absolute atomic E-state index is 0.769. The molecule has 2 aromatic rings. The van der Waals surface area contributed by atoms with Gasteiger partial charge in [-0.25, -0.2) is 0 Å². The van der Waals surface area contributed by atoms with Crippen molar-refractivity contribution in [3.63, 3.8) is 0 Å². The molecule has 0 bridgehead atoms. The maximum atomic E-state index is 6.11. The molecule has 1 aromatic heterocycles. The molecule has 0 saturated heterocycles. The topological polar surface area (TPSA) is 29.9 Å². The number of aromatic nitrogens is 2. The molecule has 4 heteroatoms. The molecule has 0 aliphatic carbocycles. The van der Waals surface area contributed by atoms with E-state index in [2.05, 4.69) is 17.3 Å². The molecule has 1 aromatic carbocycles. The molecule has 0 saturated carbocycles. The Bertz CT molecular complexity index is 573. The maximum absolute atomic E-state index is 6.11. The molecule has 3 nitrogen and oxygen atoms in total. The molecule has 1 heterocycles. The number of hydrogen-bond donors (Lipinski definition) is 1. The second kappa shape index (κ2) is 5.02. The van der Waals surface area contributed by atoms with Gasteiger partial charge in [-0.3, -0.25) is 4.68 Å². The van der Waals surface area contributed by atoms with Crippen LogP contribution in [0.2, 0.25) is 5.02 Å². The predicted octanol–water partition coefficient (Wildman–Crippen LogP) is 3.61. The van der Waals surface area contributed by atoms with Crippen molar-refractivity contribution in [2.75, 3.05) is 5.32 Å². The van der Waals surface area contributed by atoms with E-state index >= 15 is 0 Å². The maximum Gasteiger partial charge on any atom is 0.0646 e. The molecule has 0 fully saturated rings. The van der Waals surface area contributed by atoms with Crippen LogP contribution in [0.3, 0.4) is 0 Å². The molecule has 1 N–H and O–H groups in total. The van der Waals surface area contributed by atoms with E-state index in [1.54, 1.807) is 0 Å². The highest BCUT2D eigenvalue weighted by Gasteiger charge is 2.08. The van der Waals surface area contributed by atoms with Gasteiger partial charge < -0.3 is 5.32 Å². The number of nitrogens with one attached hydrogen (secondary N) is 1. The van der Waals surface area contributed by atoms with Crippen molar-refractivity contribution in [1.29, 1.82) is 0 Å². The van der Waals surface area contributed by atoms with Gasteiger partial charge in [0, 0.05) is 35.6 Å². The fraction of sp³-hybridized carbons (Fsp3) is 0.357. The second-order valence-corrected chi connectivity index (χ2v) is 5.00. The summed E-state index contributed by atoms with van der Waals surface area (Å²) < 4.78 is 1.91. The van der Waals surface area contributed by atoms with E-state index in [4.69, 9.17) is 11.6 Å². The Morgan fingerprint density at radius 2 is 2.00 bits per heavy atom. The zero-order valence-corrected chi connectivity index (χ0v) is 12.0. The van der Waals surface area contributed by atoms with Crippen molar-refractivity contribution in [2.45, 2.75) is 27.3 Å². The molecule has 0 amide bonds. The summed E-state index contributed by atoms with van der Waals surface area (Å²) in [6.45, 7) is 6.89. The Kier molecular flexibility index (Phi) is 3.62. The highest BCUT2D eigenvalue weighted by atomic mass is 35.5.